The van der Waals surface area contributed by atoms with Crippen molar-refractivity contribution in [3.05, 3.63) is 56.8 Å². The van der Waals surface area contributed by atoms with Gasteiger partial charge in [-0.2, -0.15) is 4.98 Å². The minimum atomic E-state index is 0.436. The van der Waals surface area contributed by atoms with E-state index in [1.807, 2.05) is 37.0 Å². The Hall–Kier alpha value is -2.98. The van der Waals surface area contributed by atoms with Crippen molar-refractivity contribution in [2.45, 2.75) is 32.7 Å². The summed E-state index contributed by atoms with van der Waals surface area (Å²) in [6, 6.07) is 6.03. The van der Waals surface area contributed by atoms with Gasteiger partial charge < -0.3 is 10.1 Å². The minimum Gasteiger partial charge on any atom is -0.477 e. The van der Waals surface area contributed by atoms with Crippen molar-refractivity contribution in [3.8, 4) is 17.1 Å². The molecule has 1 aliphatic carbocycles. The Bertz CT molecular complexity index is 1160. The third-order valence-electron chi connectivity index (χ3n) is 5.07. The van der Waals surface area contributed by atoms with E-state index in [1.54, 1.807) is 22.7 Å². The maximum absolute atomic E-state index is 5.99. The molecule has 1 fully saturated rings. The third kappa shape index (κ3) is 4.86. The average Bonchev–Trinajstić information content (AvgIpc) is 3.12. The predicted octanol–water partition coefficient (Wildman–Crippen LogP) is 4.26. The maximum Gasteiger partial charge on any atom is 0.218 e. The van der Waals surface area contributed by atoms with Crippen molar-refractivity contribution in [3.63, 3.8) is 0 Å². The van der Waals surface area contributed by atoms with Crippen LogP contribution < -0.4 is 10.1 Å². The number of hydrogen-bond acceptors (Lipinski definition) is 10. The first-order valence-corrected chi connectivity index (χ1v) is 11.8. The monoisotopic (exact) mass is 451 g/mol. The van der Waals surface area contributed by atoms with Crippen LogP contribution in [0.25, 0.3) is 11.3 Å². The van der Waals surface area contributed by atoms with E-state index in [1.165, 1.54) is 0 Å². The fraction of sp³-hybridized carbons (Fsp3) is 0.333. The number of rotatable bonds is 8. The summed E-state index contributed by atoms with van der Waals surface area (Å²) in [5, 5.41) is 15.3. The van der Waals surface area contributed by atoms with Crippen molar-refractivity contribution >= 4 is 28.5 Å². The van der Waals surface area contributed by atoms with E-state index >= 15 is 0 Å². The lowest BCUT2D eigenvalue weighted by molar-refractivity contribution is 0.284. The molecule has 0 spiro atoms. The van der Waals surface area contributed by atoms with E-state index in [9.17, 15) is 0 Å². The molecule has 1 N–H and O–H groups in total. The first kappa shape index (κ1) is 20.0. The van der Waals surface area contributed by atoms with Gasteiger partial charge >= 0.3 is 0 Å². The van der Waals surface area contributed by atoms with Gasteiger partial charge in [0.15, 0.2) is 0 Å². The molecule has 158 valence electrons. The van der Waals surface area contributed by atoms with Gasteiger partial charge in [0.05, 0.1) is 24.4 Å². The number of nitrogens with one attached hydrogen (secondary N) is 1. The molecule has 0 amide bonds. The number of hydrogen-bond donors (Lipinski definition) is 1. The highest BCUT2D eigenvalue weighted by atomic mass is 32.1. The first-order chi connectivity index (χ1) is 15.1. The van der Waals surface area contributed by atoms with Crippen molar-refractivity contribution < 1.29 is 4.74 Å². The molecule has 0 saturated heterocycles. The molecule has 4 heterocycles. The summed E-state index contributed by atoms with van der Waals surface area (Å²) in [6.45, 7) is 5.00. The van der Waals surface area contributed by atoms with Gasteiger partial charge in [0.2, 0.25) is 5.88 Å². The SMILES string of the molecule is Cc1nc(NCc2nnc(C)s2)cc(OCC2C[C@@H]2c2ccc(-c3cscn3)cn2)n1. The standard InChI is InChI=1S/C21H21N7OS2/c1-12-25-19(23-8-21-28-27-13(2)31-21)6-20(26-12)29-9-15-5-16(15)17-4-3-14(7-22-17)18-10-30-11-24-18/h3-4,6-7,10-11,15-16H,5,8-9H2,1-2H3,(H,23,25,26)/t15?,16-/m0/s1. The Labute approximate surface area is 187 Å². The second-order valence-electron chi connectivity index (χ2n) is 7.47. The van der Waals surface area contributed by atoms with Crippen LogP contribution in [0, 0.1) is 19.8 Å². The van der Waals surface area contributed by atoms with Crippen LogP contribution in [0.5, 0.6) is 5.88 Å². The van der Waals surface area contributed by atoms with E-state index in [-0.39, 0.29) is 0 Å². The van der Waals surface area contributed by atoms with Crippen molar-refractivity contribution in [1.29, 1.82) is 0 Å². The summed E-state index contributed by atoms with van der Waals surface area (Å²) >= 11 is 3.16. The molecule has 0 radical (unpaired) electrons. The van der Waals surface area contributed by atoms with Gasteiger partial charge in [-0.25, -0.2) is 9.97 Å². The van der Waals surface area contributed by atoms with Crippen molar-refractivity contribution in [1.82, 2.24) is 30.1 Å². The lowest BCUT2D eigenvalue weighted by Crippen LogP contribution is -2.07. The second-order valence-corrected chi connectivity index (χ2v) is 9.45. The molecular formula is C21H21N7OS2. The molecule has 1 aliphatic rings. The summed E-state index contributed by atoms with van der Waals surface area (Å²) in [5.74, 6) is 2.86. The van der Waals surface area contributed by atoms with Gasteiger partial charge in [0, 0.05) is 40.7 Å². The third-order valence-corrected chi connectivity index (χ3v) is 6.49. The topological polar surface area (TPSA) is 98.6 Å². The number of aromatic nitrogens is 6. The van der Waals surface area contributed by atoms with Gasteiger partial charge in [0.1, 0.15) is 21.7 Å². The highest BCUT2D eigenvalue weighted by Gasteiger charge is 2.40. The fourth-order valence-electron chi connectivity index (χ4n) is 3.40. The number of nitrogens with zero attached hydrogens (tertiary/aromatic N) is 6. The molecule has 5 rings (SSSR count). The van der Waals surface area contributed by atoms with Crippen molar-refractivity contribution in [2.75, 3.05) is 11.9 Å². The summed E-state index contributed by atoms with van der Waals surface area (Å²) in [5.41, 5.74) is 4.98. The quantitative estimate of drug-likeness (QED) is 0.424. The number of pyridine rings is 1. The largest absolute Gasteiger partial charge is 0.477 e. The zero-order chi connectivity index (χ0) is 21.2. The molecule has 4 aromatic heterocycles. The van der Waals surface area contributed by atoms with Crippen LogP contribution in [-0.2, 0) is 6.54 Å². The smallest absolute Gasteiger partial charge is 0.218 e. The van der Waals surface area contributed by atoms with Gasteiger partial charge in [-0.15, -0.1) is 21.5 Å². The van der Waals surface area contributed by atoms with Crippen molar-refractivity contribution in [2.24, 2.45) is 5.92 Å². The molecule has 0 aliphatic heterocycles. The number of anilines is 1. The molecular weight excluding hydrogens is 430 g/mol. The van der Waals surface area contributed by atoms with E-state index in [0.717, 1.165) is 39.2 Å². The molecule has 1 unspecified atom stereocenters. The Kier molecular flexibility index (Phi) is 5.56. The van der Waals surface area contributed by atoms with E-state index in [4.69, 9.17) is 4.74 Å². The summed E-state index contributed by atoms with van der Waals surface area (Å²) in [4.78, 5) is 17.8. The first-order valence-electron chi connectivity index (χ1n) is 10.00. The maximum atomic E-state index is 5.99. The van der Waals surface area contributed by atoms with Crippen LogP contribution in [0.3, 0.4) is 0 Å². The van der Waals surface area contributed by atoms with Crippen LogP contribution >= 0.6 is 22.7 Å². The summed E-state index contributed by atoms with van der Waals surface area (Å²) < 4.78 is 5.99. The Morgan fingerprint density at radius 2 is 2.10 bits per heavy atom. The molecule has 10 heteroatoms. The lowest BCUT2D eigenvalue weighted by atomic mass is 10.1. The summed E-state index contributed by atoms with van der Waals surface area (Å²) in [7, 11) is 0. The molecule has 2 atom stereocenters. The zero-order valence-corrected chi connectivity index (χ0v) is 18.8. The Morgan fingerprint density at radius 3 is 2.84 bits per heavy atom. The van der Waals surface area contributed by atoms with E-state index in [0.29, 0.717) is 36.7 Å². The number of aryl methyl sites for hydroxylation is 2. The fourth-order valence-corrected chi connectivity index (χ4v) is 4.61. The molecule has 4 aromatic rings. The predicted molar refractivity (Wildman–Crippen MR) is 120 cm³/mol. The molecule has 31 heavy (non-hydrogen) atoms. The highest BCUT2D eigenvalue weighted by molar-refractivity contribution is 7.11. The number of ether oxygens (including phenoxy) is 1. The molecule has 1 saturated carbocycles. The molecule has 0 bridgehead atoms. The Morgan fingerprint density at radius 1 is 1.16 bits per heavy atom. The van der Waals surface area contributed by atoms with E-state index < -0.39 is 0 Å². The van der Waals surface area contributed by atoms with Gasteiger partial charge in [0.25, 0.3) is 0 Å². The molecule has 8 nitrogen and oxygen atoms in total. The second kappa shape index (κ2) is 8.64. The lowest BCUT2D eigenvalue weighted by Gasteiger charge is -2.09. The van der Waals surface area contributed by atoms with Crippen LogP contribution in [-0.4, -0.2) is 36.7 Å². The van der Waals surface area contributed by atoms with Gasteiger partial charge in [-0.1, -0.05) is 11.3 Å². The van der Waals surface area contributed by atoms with Crippen LogP contribution in [0.2, 0.25) is 0 Å². The summed E-state index contributed by atoms with van der Waals surface area (Å²) in [6.07, 6.45) is 2.99. The Balaban J connectivity index is 1.16. The minimum absolute atomic E-state index is 0.436. The van der Waals surface area contributed by atoms with Gasteiger partial charge in [-0.3, -0.25) is 4.98 Å². The van der Waals surface area contributed by atoms with Crippen LogP contribution in [0.1, 0.15) is 33.9 Å². The number of thiazole rings is 1. The normalized spacial score (nSPS) is 17.5. The highest BCUT2D eigenvalue weighted by Crippen LogP contribution is 2.46. The average molecular weight is 452 g/mol. The van der Waals surface area contributed by atoms with E-state index in [2.05, 4.69) is 47.6 Å². The van der Waals surface area contributed by atoms with Gasteiger partial charge in [-0.05, 0) is 32.4 Å². The molecule has 0 aromatic carbocycles. The van der Waals surface area contributed by atoms with Crippen LogP contribution in [0.4, 0.5) is 5.82 Å². The zero-order valence-electron chi connectivity index (χ0n) is 17.1. The van der Waals surface area contributed by atoms with Crippen LogP contribution in [0.15, 0.2) is 35.3 Å².